The van der Waals surface area contributed by atoms with Crippen molar-refractivity contribution < 1.29 is 0 Å². The number of pyridine rings is 1. The molecule has 0 unspecified atom stereocenters. The van der Waals surface area contributed by atoms with E-state index in [9.17, 15) is 0 Å². The third kappa shape index (κ3) is 1.52. The summed E-state index contributed by atoms with van der Waals surface area (Å²) < 4.78 is 0. The van der Waals surface area contributed by atoms with E-state index in [-0.39, 0.29) is 0 Å². The average molecular weight is 240 g/mol. The fourth-order valence-electron chi connectivity index (χ4n) is 3.02. The average Bonchev–Trinajstić information content (AvgIpc) is 3.09. The Morgan fingerprint density at radius 2 is 2.06 bits per heavy atom. The lowest BCUT2D eigenvalue weighted by Crippen LogP contribution is -2.07. The Labute approximate surface area is 108 Å². The zero-order chi connectivity index (χ0) is 12.9. The van der Waals surface area contributed by atoms with Gasteiger partial charge in [-0.1, -0.05) is 13.8 Å². The van der Waals surface area contributed by atoms with Crippen LogP contribution < -0.4 is 5.73 Å². The molecule has 1 aromatic carbocycles. The summed E-state index contributed by atoms with van der Waals surface area (Å²) in [5.74, 6) is 0.656. The van der Waals surface area contributed by atoms with Gasteiger partial charge in [0.15, 0.2) is 0 Å². The molecule has 0 atom stereocenters. The predicted octanol–water partition coefficient (Wildman–Crippen LogP) is 3.74. The van der Waals surface area contributed by atoms with Crippen molar-refractivity contribution in [1.29, 1.82) is 0 Å². The highest BCUT2D eigenvalue weighted by Gasteiger charge is 2.40. The molecule has 2 heteroatoms. The maximum Gasteiger partial charge on any atom is 0.131 e. The number of fused-ring (bicyclic) bond motifs is 1. The number of anilines is 1. The molecule has 1 saturated carbocycles. The number of nitrogens with zero attached hydrogens (tertiary/aromatic N) is 1. The molecule has 1 fully saturated rings. The summed E-state index contributed by atoms with van der Waals surface area (Å²) >= 11 is 0. The van der Waals surface area contributed by atoms with Crippen molar-refractivity contribution in [3.63, 3.8) is 0 Å². The fraction of sp³-hybridized carbons (Fsp3) is 0.438. The van der Waals surface area contributed by atoms with Gasteiger partial charge in [0.05, 0.1) is 0 Å². The zero-order valence-electron chi connectivity index (χ0n) is 11.4. The molecular formula is C16H20N2. The molecule has 0 bridgehead atoms. The molecule has 1 aliphatic rings. The monoisotopic (exact) mass is 240 g/mol. The summed E-state index contributed by atoms with van der Waals surface area (Å²) in [6, 6.07) is 4.37. The van der Waals surface area contributed by atoms with Gasteiger partial charge in [-0.3, -0.25) is 0 Å². The highest BCUT2D eigenvalue weighted by Crippen LogP contribution is 2.50. The van der Waals surface area contributed by atoms with Gasteiger partial charge < -0.3 is 5.73 Å². The van der Waals surface area contributed by atoms with Gasteiger partial charge in [0.2, 0.25) is 0 Å². The number of hydrogen-bond donors (Lipinski definition) is 1. The molecule has 0 amide bonds. The number of nitrogen functional groups attached to an aromatic ring is 1. The van der Waals surface area contributed by atoms with Gasteiger partial charge in [-0.05, 0) is 65.8 Å². The second kappa shape index (κ2) is 3.71. The van der Waals surface area contributed by atoms with Crippen LogP contribution in [-0.2, 0) is 11.8 Å². The van der Waals surface area contributed by atoms with E-state index >= 15 is 0 Å². The minimum atomic E-state index is 0.382. The molecule has 0 aliphatic heterocycles. The van der Waals surface area contributed by atoms with Crippen molar-refractivity contribution in [1.82, 2.24) is 4.98 Å². The number of aromatic nitrogens is 1. The summed E-state index contributed by atoms with van der Waals surface area (Å²) in [6.45, 7) is 6.82. The Hall–Kier alpha value is -1.57. The van der Waals surface area contributed by atoms with Crippen molar-refractivity contribution in [3.05, 3.63) is 35.0 Å². The van der Waals surface area contributed by atoms with E-state index in [2.05, 4.69) is 37.9 Å². The molecule has 94 valence electrons. The van der Waals surface area contributed by atoms with E-state index in [0.29, 0.717) is 11.2 Å². The third-order valence-electron chi connectivity index (χ3n) is 4.50. The number of rotatable bonds is 2. The topological polar surface area (TPSA) is 38.9 Å². The van der Waals surface area contributed by atoms with Gasteiger partial charge in [-0.25, -0.2) is 4.98 Å². The molecule has 0 radical (unpaired) electrons. The molecule has 2 aromatic rings. The molecular weight excluding hydrogens is 220 g/mol. The lowest BCUT2D eigenvalue weighted by atomic mass is 9.86. The lowest BCUT2D eigenvalue weighted by Gasteiger charge is -2.19. The Morgan fingerprint density at radius 3 is 2.67 bits per heavy atom. The third-order valence-corrected chi connectivity index (χ3v) is 4.50. The normalized spacial score (nSPS) is 17.1. The minimum Gasteiger partial charge on any atom is -0.383 e. The highest BCUT2D eigenvalue weighted by molar-refractivity contribution is 5.94. The first-order valence-electron chi connectivity index (χ1n) is 6.74. The Balaban J connectivity index is 2.39. The number of nitrogens with two attached hydrogens (primary N) is 1. The largest absolute Gasteiger partial charge is 0.383 e. The van der Waals surface area contributed by atoms with Crippen molar-refractivity contribution in [2.75, 3.05) is 5.73 Å². The van der Waals surface area contributed by atoms with Crippen LogP contribution in [0.25, 0.3) is 10.8 Å². The lowest BCUT2D eigenvalue weighted by molar-refractivity contribution is 0.771. The zero-order valence-corrected chi connectivity index (χ0v) is 11.4. The maximum absolute atomic E-state index is 6.04. The van der Waals surface area contributed by atoms with E-state index < -0.39 is 0 Å². The molecule has 2 N–H and O–H groups in total. The number of benzene rings is 1. The molecule has 1 heterocycles. The molecule has 3 rings (SSSR count). The Bertz CT molecular complexity index is 625. The first kappa shape index (κ1) is 11.5. The molecule has 0 saturated heterocycles. The summed E-state index contributed by atoms with van der Waals surface area (Å²) in [4.78, 5) is 4.23. The SMILES string of the molecule is CCc1c(C2(C)CC2)cc2c(N)nccc2c1C. The van der Waals surface area contributed by atoms with Crippen molar-refractivity contribution in [2.45, 2.75) is 45.4 Å². The molecule has 1 aliphatic carbocycles. The summed E-state index contributed by atoms with van der Waals surface area (Å²) in [6.07, 6.45) is 5.49. The van der Waals surface area contributed by atoms with Crippen LogP contribution in [0.2, 0.25) is 0 Å². The van der Waals surface area contributed by atoms with Crippen LogP contribution in [0, 0.1) is 6.92 Å². The summed E-state index contributed by atoms with van der Waals surface area (Å²) in [7, 11) is 0. The fourth-order valence-corrected chi connectivity index (χ4v) is 3.02. The first-order valence-corrected chi connectivity index (χ1v) is 6.74. The Kier molecular flexibility index (Phi) is 2.37. The van der Waals surface area contributed by atoms with Crippen LogP contribution in [0.4, 0.5) is 5.82 Å². The van der Waals surface area contributed by atoms with Crippen molar-refractivity contribution in [3.8, 4) is 0 Å². The van der Waals surface area contributed by atoms with Crippen molar-refractivity contribution >= 4 is 16.6 Å². The van der Waals surface area contributed by atoms with E-state index in [0.717, 1.165) is 11.8 Å². The quantitative estimate of drug-likeness (QED) is 0.868. The van der Waals surface area contributed by atoms with Gasteiger partial charge in [-0.2, -0.15) is 0 Å². The van der Waals surface area contributed by atoms with Crippen LogP contribution in [0.3, 0.4) is 0 Å². The molecule has 2 nitrogen and oxygen atoms in total. The smallest absolute Gasteiger partial charge is 0.131 e. The predicted molar refractivity (Wildman–Crippen MR) is 76.9 cm³/mol. The highest BCUT2D eigenvalue weighted by atomic mass is 14.8. The summed E-state index contributed by atoms with van der Waals surface area (Å²) in [5, 5.41) is 2.38. The van der Waals surface area contributed by atoms with Gasteiger partial charge in [-0.15, -0.1) is 0 Å². The van der Waals surface area contributed by atoms with E-state index in [4.69, 9.17) is 5.73 Å². The van der Waals surface area contributed by atoms with E-state index in [1.165, 1.54) is 34.9 Å². The van der Waals surface area contributed by atoms with Gasteiger partial charge in [0.1, 0.15) is 5.82 Å². The van der Waals surface area contributed by atoms with Gasteiger partial charge >= 0.3 is 0 Å². The van der Waals surface area contributed by atoms with Crippen LogP contribution in [-0.4, -0.2) is 4.98 Å². The van der Waals surface area contributed by atoms with Gasteiger partial charge in [0.25, 0.3) is 0 Å². The van der Waals surface area contributed by atoms with Gasteiger partial charge in [0, 0.05) is 11.6 Å². The van der Waals surface area contributed by atoms with E-state index in [1.54, 1.807) is 0 Å². The van der Waals surface area contributed by atoms with Crippen LogP contribution >= 0.6 is 0 Å². The maximum atomic E-state index is 6.04. The van der Waals surface area contributed by atoms with Crippen LogP contribution in [0.15, 0.2) is 18.3 Å². The molecule has 18 heavy (non-hydrogen) atoms. The number of hydrogen-bond acceptors (Lipinski definition) is 2. The summed E-state index contributed by atoms with van der Waals surface area (Å²) in [5.41, 5.74) is 10.8. The van der Waals surface area contributed by atoms with Crippen molar-refractivity contribution in [2.24, 2.45) is 0 Å². The second-order valence-electron chi connectivity index (χ2n) is 5.73. The first-order chi connectivity index (χ1) is 8.57. The Morgan fingerprint density at radius 1 is 1.33 bits per heavy atom. The standard InChI is InChI=1S/C16H20N2/c1-4-11-10(2)12-5-8-18-15(17)13(12)9-14(11)16(3)6-7-16/h5,8-9H,4,6-7H2,1-3H3,(H2,17,18). The number of aryl methyl sites for hydroxylation is 1. The molecule has 0 spiro atoms. The van der Waals surface area contributed by atoms with Crippen LogP contribution in [0.1, 0.15) is 43.4 Å². The van der Waals surface area contributed by atoms with Crippen LogP contribution in [0.5, 0.6) is 0 Å². The minimum absolute atomic E-state index is 0.382. The molecule has 1 aromatic heterocycles. The second-order valence-corrected chi connectivity index (χ2v) is 5.73. The van der Waals surface area contributed by atoms with E-state index in [1.807, 2.05) is 6.20 Å².